The van der Waals surface area contributed by atoms with Crippen molar-refractivity contribution in [1.82, 2.24) is 0 Å². The minimum absolute atomic E-state index is 0.0317. The van der Waals surface area contributed by atoms with Crippen LogP contribution in [0.15, 0.2) is 92.5 Å². The summed E-state index contributed by atoms with van der Waals surface area (Å²) in [5, 5.41) is 0. The molecule has 0 aromatic heterocycles. The van der Waals surface area contributed by atoms with Crippen molar-refractivity contribution in [2.45, 2.75) is 213 Å². The fourth-order valence-electron chi connectivity index (χ4n) is 9.08. The molecule has 464 valence electrons. The number of unbranched alkanes of at least 4 members (excludes halogenated alkanes) is 21. The molecule has 0 aliphatic heterocycles. The zero-order valence-electron chi connectivity index (χ0n) is 51.2. The molecule has 3 aromatic carbocycles. The first-order valence-corrected chi connectivity index (χ1v) is 31.2. The molecule has 0 radical (unpaired) electrons. The number of hydrogen-bond donors (Lipinski definition) is 0. The standard InChI is InChI=1S/C69H98O15/c1-8-69(82-63(70)36-30-24-18-12-15-21-27-33-51-79-60-45-39-57(40-46-60)54(5)66(73)76-9-2,83-64(71)37-31-25-19-13-16-22-28-34-52-80-61-47-41-58(42-48-61)55(6)67(74)77-10-3)84-65(72)38-32-26-20-14-17-23-29-35-53-81-62-49-43-59(44-50-62)56(7)68(75)78-11-4/h39-50H,5-38,51-53H2,1-4H3. The van der Waals surface area contributed by atoms with Crippen LogP contribution < -0.4 is 14.2 Å². The molecule has 0 aliphatic rings. The number of benzene rings is 3. The van der Waals surface area contributed by atoms with Gasteiger partial charge in [-0.3, -0.25) is 14.4 Å². The van der Waals surface area contributed by atoms with E-state index in [0.29, 0.717) is 92.3 Å². The van der Waals surface area contributed by atoms with Crippen LogP contribution in [0, 0.1) is 0 Å². The molecule has 0 saturated heterocycles. The molecular weight excluding hydrogens is 1070 g/mol. The van der Waals surface area contributed by atoms with Crippen molar-refractivity contribution in [2.75, 3.05) is 39.6 Å². The maximum atomic E-state index is 13.3. The van der Waals surface area contributed by atoms with E-state index in [1.54, 1.807) is 64.1 Å². The van der Waals surface area contributed by atoms with Crippen LogP contribution in [-0.2, 0) is 57.2 Å². The van der Waals surface area contributed by atoms with E-state index in [4.69, 9.17) is 42.6 Å². The van der Waals surface area contributed by atoms with Crippen molar-refractivity contribution in [3.63, 3.8) is 0 Å². The first-order valence-electron chi connectivity index (χ1n) is 31.2. The van der Waals surface area contributed by atoms with Gasteiger partial charge in [-0.15, -0.1) is 0 Å². The third kappa shape index (κ3) is 30.6. The maximum Gasteiger partial charge on any atom is 0.423 e. The van der Waals surface area contributed by atoms with Gasteiger partial charge in [-0.25, -0.2) is 14.4 Å². The van der Waals surface area contributed by atoms with Crippen LogP contribution in [0.4, 0.5) is 0 Å². The second-order valence-corrected chi connectivity index (χ2v) is 20.9. The van der Waals surface area contributed by atoms with E-state index < -0.39 is 41.8 Å². The average molecular weight is 1170 g/mol. The Labute approximate surface area is 501 Å². The fraction of sp³-hybridized carbons (Fsp3) is 0.565. The van der Waals surface area contributed by atoms with E-state index in [2.05, 4.69) is 19.7 Å². The molecule has 0 amide bonds. The van der Waals surface area contributed by atoms with Crippen molar-refractivity contribution in [3.8, 4) is 17.2 Å². The van der Waals surface area contributed by atoms with E-state index in [-0.39, 0.29) is 25.7 Å². The van der Waals surface area contributed by atoms with Crippen LogP contribution in [0.2, 0.25) is 0 Å². The van der Waals surface area contributed by atoms with E-state index in [1.807, 2.05) is 36.4 Å². The summed E-state index contributed by atoms with van der Waals surface area (Å²) < 4.78 is 50.0. The molecule has 0 atom stereocenters. The lowest BCUT2D eigenvalue weighted by Gasteiger charge is -2.30. The van der Waals surface area contributed by atoms with Crippen molar-refractivity contribution in [2.24, 2.45) is 0 Å². The highest BCUT2D eigenvalue weighted by molar-refractivity contribution is 6.16. The molecular formula is C69H98O15. The van der Waals surface area contributed by atoms with Crippen LogP contribution in [0.25, 0.3) is 16.7 Å². The van der Waals surface area contributed by atoms with Gasteiger partial charge in [0.2, 0.25) is 0 Å². The predicted molar refractivity (Wildman–Crippen MR) is 329 cm³/mol. The van der Waals surface area contributed by atoms with Gasteiger partial charge in [-0.2, -0.15) is 0 Å². The average Bonchev–Trinajstić information content (AvgIpc) is 3.70. The van der Waals surface area contributed by atoms with Crippen LogP contribution in [0.5, 0.6) is 17.2 Å². The topological polar surface area (TPSA) is 185 Å². The maximum absolute atomic E-state index is 13.3. The van der Waals surface area contributed by atoms with Gasteiger partial charge in [-0.05, 0) is 112 Å². The smallest absolute Gasteiger partial charge is 0.423 e. The van der Waals surface area contributed by atoms with Crippen molar-refractivity contribution >= 4 is 52.5 Å². The summed E-state index contributed by atoms with van der Waals surface area (Å²) >= 11 is 0. The monoisotopic (exact) mass is 1170 g/mol. The minimum atomic E-state index is -2.11. The summed E-state index contributed by atoms with van der Waals surface area (Å²) in [6, 6.07) is 21.8. The highest BCUT2D eigenvalue weighted by atomic mass is 16.9. The van der Waals surface area contributed by atoms with Gasteiger partial charge < -0.3 is 42.6 Å². The second-order valence-electron chi connectivity index (χ2n) is 20.9. The molecule has 0 heterocycles. The zero-order valence-corrected chi connectivity index (χ0v) is 51.2. The summed E-state index contributed by atoms with van der Waals surface area (Å²) in [5.41, 5.74) is 3.06. The number of carbonyl (C=O) groups excluding carboxylic acids is 6. The van der Waals surface area contributed by atoms with Gasteiger partial charge in [0.25, 0.3) is 0 Å². The molecule has 0 spiro atoms. The minimum Gasteiger partial charge on any atom is -0.494 e. The molecule has 0 bridgehead atoms. The molecule has 15 nitrogen and oxygen atoms in total. The predicted octanol–water partition coefficient (Wildman–Crippen LogP) is 16.2. The van der Waals surface area contributed by atoms with Crippen LogP contribution in [0.3, 0.4) is 0 Å². The molecule has 3 rings (SSSR count). The Balaban J connectivity index is 1.34. The lowest BCUT2D eigenvalue weighted by molar-refractivity contribution is -0.331. The number of carbonyl (C=O) groups is 6. The summed E-state index contributed by atoms with van der Waals surface area (Å²) in [6.45, 7) is 21.1. The second kappa shape index (κ2) is 43.7. The Kier molecular flexibility index (Phi) is 37.1. The summed E-state index contributed by atoms with van der Waals surface area (Å²) in [7, 11) is 0. The third-order valence-electron chi connectivity index (χ3n) is 14.0. The highest BCUT2D eigenvalue weighted by Gasteiger charge is 2.41. The lowest BCUT2D eigenvalue weighted by atomic mass is 10.1. The van der Waals surface area contributed by atoms with Crippen molar-refractivity contribution in [1.29, 1.82) is 0 Å². The van der Waals surface area contributed by atoms with E-state index in [0.717, 1.165) is 152 Å². The SMILES string of the molecule is C=C(C(=O)OCC)c1ccc(OCCCCCCCCCCC(=O)OC(CC)(OC(=O)CCCCCCCCCCOc2ccc(C(=C)C(=O)OCC)cc2)OC(=O)CCCCCCCCCCOc2ccc(C(=C)C(=O)OCC)cc2)cc1. The van der Waals surface area contributed by atoms with Crippen LogP contribution in [-0.4, -0.2) is 81.4 Å². The van der Waals surface area contributed by atoms with Gasteiger partial charge in [0.05, 0.1) is 62.8 Å². The van der Waals surface area contributed by atoms with Gasteiger partial charge in [0, 0.05) is 19.3 Å². The molecule has 0 fully saturated rings. The number of ether oxygens (including phenoxy) is 9. The van der Waals surface area contributed by atoms with Crippen molar-refractivity contribution in [3.05, 3.63) is 109 Å². The zero-order chi connectivity index (χ0) is 61.1. The molecule has 15 heteroatoms. The molecule has 0 unspecified atom stereocenters. The Morgan fingerprint density at radius 2 is 0.536 bits per heavy atom. The lowest BCUT2D eigenvalue weighted by Crippen LogP contribution is -2.44. The molecule has 3 aromatic rings. The third-order valence-corrected chi connectivity index (χ3v) is 14.0. The molecule has 0 N–H and O–H groups in total. The van der Waals surface area contributed by atoms with E-state index >= 15 is 0 Å². The molecule has 0 saturated carbocycles. The van der Waals surface area contributed by atoms with Crippen LogP contribution in [0.1, 0.15) is 224 Å². The summed E-state index contributed by atoms with van der Waals surface area (Å²) in [6.07, 6.45) is 22.9. The van der Waals surface area contributed by atoms with Gasteiger partial charge in [0.15, 0.2) is 0 Å². The van der Waals surface area contributed by atoms with E-state index in [9.17, 15) is 28.8 Å². The quantitative estimate of drug-likeness (QED) is 0.0171. The van der Waals surface area contributed by atoms with Gasteiger partial charge in [0.1, 0.15) is 17.2 Å². The normalized spacial score (nSPS) is 11.0. The highest BCUT2D eigenvalue weighted by Crippen LogP contribution is 2.27. The first-order chi connectivity index (χ1) is 40.7. The molecule has 84 heavy (non-hydrogen) atoms. The van der Waals surface area contributed by atoms with Crippen LogP contribution >= 0.6 is 0 Å². The summed E-state index contributed by atoms with van der Waals surface area (Å²) in [4.78, 5) is 75.7. The Morgan fingerprint density at radius 3 is 0.750 bits per heavy atom. The number of hydrogen-bond acceptors (Lipinski definition) is 15. The van der Waals surface area contributed by atoms with E-state index in [1.165, 1.54) is 0 Å². The number of rotatable bonds is 49. The van der Waals surface area contributed by atoms with Gasteiger partial charge in [-0.1, -0.05) is 179 Å². The largest absolute Gasteiger partial charge is 0.494 e. The first kappa shape index (κ1) is 71.4. The Morgan fingerprint density at radius 1 is 0.321 bits per heavy atom. The number of esters is 6. The molecule has 0 aliphatic carbocycles. The van der Waals surface area contributed by atoms with Gasteiger partial charge >= 0.3 is 41.8 Å². The Bertz CT molecular complexity index is 2140. The fourth-order valence-corrected chi connectivity index (χ4v) is 9.08. The summed E-state index contributed by atoms with van der Waals surface area (Å²) in [5.74, 6) is -2.91. The Hall–Kier alpha value is -6.90. The van der Waals surface area contributed by atoms with Crippen molar-refractivity contribution < 1.29 is 71.4 Å².